The van der Waals surface area contributed by atoms with Gasteiger partial charge in [0.05, 0.1) is 12.7 Å². The molecule has 0 aliphatic rings. The molecule has 0 N–H and O–H groups in total. The first-order valence-corrected chi connectivity index (χ1v) is 4.11. The Kier molecular flexibility index (Phi) is 3.02. The molecule has 0 saturated heterocycles. The zero-order chi connectivity index (χ0) is 10.7. The van der Waals surface area contributed by atoms with Gasteiger partial charge in [0.25, 0.3) is 0 Å². The summed E-state index contributed by atoms with van der Waals surface area (Å²) in [5, 5.41) is 0. The molecule has 14 heavy (non-hydrogen) atoms. The predicted molar refractivity (Wildman–Crippen MR) is 52.6 cm³/mol. The van der Waals surface area contributed by atoms with Crippen molar-refractivity contribution in [2.24, 2.45) is 0 Å². The summed E-state index contributed by atoms with van der Waals surface area (Å²) in [6.07, 6.45) is 1.57. The van der Waals surface area contributed by atoms with Crippen LogP contribution < -0.4 is 0 Å². The smallest absolute Gasteiger partial charge is 0.340 e. The highest BCUT2D eigenvalue weighted by molar-refractivity contribution is 5.90. The average Bonchev–Trinajstić information content (AvgIpc) is 2.17. The van der Waals surface area contributed by atoms with Crippen LogP contribution in [0.3, 0.4) is 0 Å². The van der Waals surface area contributed by atoms with Crippen molar-refractivity contribution in [3.63, 3.8) is 0 Å². The Labute approximate surface area is 82.0 Å². The summed E-state index contributed by atoms with van der Waals surface area (Å²) in [6, 6.07) is 2.73. The van der Waals surface area contributed by atoms with Crippen LogP contribution in [0.1, 0.15) is 21.5 Å². The lowest BCUT2D eigenvalue weighted by Crippen LogP contribution is -2.05. The molecule has 1 aromatic carbocycles. The van der Waals surface area contributed by atoms with Crippen LogP contribution in [-0.4, -0.2) is 13.1 Å². The van der Waals surface area contributed by atoms with Crippen molar-refractivity contribution >= 4 is 12.0 Å². The highest BCUT2D eigenvalue weighted by Gasteiger charge is 2.13. The van der Waals surface area contributed by atoms with Crippen LogP contribution in [0, 0.1) is 12.7 Å². The van der Waals surface area contributed by atoms with Crippen LogP contribution in [0.15, 0.2) is 18.7 Å². The molecule has 0 amide bonds. The number of carbonyl (C=O) groups is 1. The normalized spacial score (nSPS) is 9.64. The van der Waals surface area contributed by atoms with Gasteiger partial charge in [0.15, 0.2) is 0 Å². The monoisotopic (exact) mass is 194 g/mol. The molecule has 0 saturated carbocycles. The topological polar surface area (TPSA) is 26.3 Å². The maximum absolute atomic E-state index is 13.3. The van der Waals surface area contributed by atoms with Crippen molar-refractivity contribution in [1.82, 2.24) is 0 Å². The van der Waals surface area contributed by atoms with Gasteiger partial charge in [-0.15, -0.1) is 0 Å². The molecule has 3 heteroatoms. The van der Waals surface area contributed by atoms with Gasteiger partial charge < -0.3 is 4.74 Å². The third-order valence-corrected chi connectivity index (χ3v) is 1.98. The summed E-state index contributed by atoms with van der Waals surface area (Å²) >= 11 is 0. The van der Waals surface area contributed by atoms with Crippen LogP contribution in [-0.2, 0) is 4.74 Å². The fourth-order valence-corrected chi connectivity index (χ4v) is 1.18. The first-order valence-electron chi connectivity index (χ1n) is 4.11. The highest BCUT2D eigenvalue weighted by atomic mass is 19.1. The van der Waals surface area contributed by atoms with Gasteiger partial charge in [0.2, 0.25) is 0 Å². The fraction of sp³-hybridized carbons (Fsp3) is 0.182. The second-order valence-corrected chi connectivity index (χ2v) is 2.88. The molecule has 0 unspecified atom stereocenters. The Morgan fingerprint density at radius 3 is 2.71 bits per heavy atom. The number of hydrogen-bond acceptors (Lipinski definition) is 2. The molecule has 0 aromatic heterocycles. The van der Waals surface area contributed by atoms with E-state index in [1.165, 1.54) is 19.2 Å². The molecule has 0 spiro atoms. The quantitative estimate of drug-likeness (QED) is 0.676. The highest BCUT2D eigenvalue weighted by Crippen LogP contribution is 2.17. The number of carbonyl (C=O) groups excluding carboxylic acids is 1. The Hall–Kier alpha value is -1.64. The SMILES string of the molecule is C=Cc1cc(C(=O)OC)c(F)cc1C. The Balaban J connectivity index is 3.30. The Bertz CT molecular complexity index is 383. The van der Waals surface area contributed by atoms with Crippen LogP contribution in [0.2, 0.25) is 0 Å². The molecule has 0 atom stereocenters. The summed E-state index contributed by atoms with van der Waals surface area (Å²) in [5.74, 6) is -1.24. The van der Waals surface area contributed by atoms with E-state index in [-0.39, 0.29) is 5.56 Å². The number of aryl methyl sites for hydroxylation is 1. The minimum Gasteiger partial charge on any atom is -0.465 e. The minimum atomic E-state index is -0.675. The molecule has 74 valence electrons. The first-order chi connectivity index (χ1) is 6.60. The maximum atomic E-state index is 13.3. The van der Waals surface area contributed by atoms with E-state index in [1.807, 2.05) is 0 Å². The molecule has 1 rings (SSSR count). The second-order valence-electron chi connectivity index (χ2n) is 2.88. The van der Waals surface area contributed by atoms with Gasteiger partial charge in [0.1, 0.15) is 5.82 Å². The third kappa shape index (κ3) is 1.82. The number of hydrogen-bond donors (Lipinski definition) is 0. The zero-order valence-electron chi connectivity index (χ0n) is 8.13. The number of benzene rings is 1. The first kappa shape index (κ1) is 10.4. The molecule has 0 radical (unpaired) electrons. The number of halogens is 1. The number of methoxy groups -OCH3 is 1. The van der Waals surface area contributed by atoms with E-state index in [1.54, 1.807) is 13.0 Å². The van der Waals surface area contributed by atoms with E-state index in [0.717, 1.165) is 11.1 Å². The van der Waals surface area contributed by atoms with E-state index in [0.29, 0.717) is 0 Å². The summed E-state index contributed by atoms with van der Waals surface area (Å²) < 4.78 is 17.7. The van der Waals surface area contributed by atoms with Gasteiger partial charge in [-0.1, -0.05) is 12.7 Å². The van der Waals surface area contributed by atoms with Crippen LogP contribution >= 0.6 is 0 Å². The number of rotatable bonds is 2. The Morgan fingerprint density at radius 1 is 1.57 bits per heavy atom. The average molecular weight is 194 g/mol. The van der Waals surface area contributed by atoms with Gasteiger partial charge in [-0.25, -0.2) is 9.18 Å². The Morgan fingerprint density at radius 2 is 2.21 bits per heavy atom. The zero-order valence-corrected chi connectivity index (χ0v) is 8.13. The van der Waals surface area contributed by atoms with E-state index in [9.17, 15) is 9.18 Å². The van der Waals surface area contributed by atoms with Crippen molar-refractivity contribution in [1.29, 1.82) is 0 Å². The summed E-state index contributed by atoms with van der Waals surface area (Å²) in [7, 11) is 1.22. The molecule has 2 nitrogen and oxygen atoms in total. The standard InChI is InChI=1S/C11H11FO2/c1-4-8-6-9(11(13)14-3)10(12)5-7(8)2/h4-6H,1H2,2-3H3. The van der Waals surface area contributed by atoms with E-state index >= 15 is 0 Å². The predicted octanol–water partition coefficient (Wildman–Crippen LogP) is 2.56. The summed E-state index contributed by atoms with van der Waals surface area (Å²) in [6.45, 7) is 5.32. The molecule has 0 fully saturated rings. The molecule has 0 bridgehead atoms. The van der Waals surface area contributed by atoms with E-state index in [4.69, 9.17) is 0 Å². The van der Waals surface area contributed by atoms with Gasteiger partial charge in [0, 0.05) is 0 Å². The van der Waals surface area contributed by atoms with Crippen LogP contribution in [0.4, 0.5) is 4.39 Å². The van der Waals surface area contributed by atoms with E-state index < -0.39 is 11.8 Å². The molecule has 1 aromatic rings. The van der Waals surface area contributed by atoms with E-state index in [2.05, 4.69) is 11.3 Å². The van der Waals surface area contributed by atoms with Gasteiger partial charge in [-0.3, -0.25) is 0 Å². The van der Waals surface area contributed by atoms with Gasteiger partial charge in [-0.05, 0) is 30.2 Å². The van der Waals surface area contributed by atoms with Crippen molar-refractivity contribution in [3.8, 4) is 0 Å². The van der Waals surface area contributed by atoms with Crippen molar-refractivity contribution in [3.05, 3.63) is 41.2 Å². The minimum absolute atomic E-state index is 0.0620. The van der Waals surface area contributed by atoms with Gasteiger partial charge in [-0.2, -0.15) is 0 Å². The molecular weight excluding hydrogens is 183 g/mol. The van der Waals surface area contributed by atoms with Crippen molar-refractivity contribution < 1.29 is 13.9 Å². The molecule has 0 heterocycles. The largest absolute Gasteiger partial charge is 0.465 e. The lowest BCUT2D eigenvalue weighted by molar-refractivity contribution is 0.0595. The molecule has 0 aliphatic carbocycles. The van der Waals surface area contributed by atoms with Crippen LogP contribution in [0.25, 0.3) is 6.08 Å². The van der Waals surface area contributed by atoms with Crippen LogP contribution in [0.5, 0.6) is 0 Å². The molecule has 0 aliphatic heterocycles. The van der Waals surface area contributed by atoms with Crippen molar-refractivity contribution in [2.75, 3.05) is 7.11 Å². The number of esters is 1. The molecular formula is C11H11FO2. The summed E-state index contributed by atoms with van der Waals surface area (Å²) in [4.78, 5) is 11.1. The lowest BCUT2D eigenvalue weighted by atomic mass is 10.0. The fourth-order valence-electron chi connectivity index (χ4n) is 1.18. The van der Waals surface area contributed by atoms with Gasteiger partial charge >= 0.3 is 5.97 Å². The third-order valence-electron chi connectivity index (χ3n) is 1.98. The number of ether oxygens (including phenoxy) is 1. The maximum Gasteiger partial charge on any atom is 0.340 e. The summed E-state index contributed by atoms with van der Waals surface area (Å²) in [5.41, 5.74) is 1.41. The van der Waals surface area contributed by atoms with Crippen molar-refractivity contribution in [2.45, 2.75) is 6.92 Å². The second kappa shape index (κ2) is 4.05. The lowest BCUT2D eigenvalue weighted by Gasteiger charge is -2.05.